The topological polar surface area (TPSA) is 134 Å². The first-order chi connectivity index (χ1) is 33.5. The van der Waals surface area contributed by atoms with Gasteiger partial charge in [-0.2, -0.15) is 0 Å². The van der Waals surface area contributed by atoms with E-state index in [1.807, 2.05) is 13.8 Å². The Balaban J connectivity index is 1.05. The first-order valence-corrected chi connectivity index (χ1v) is 26.7. The Morgan fingerprint density at radius 2 is 1.15 bits per heavy atom. The summed E-state index contributed by atoms with van der Waals surface area (Å²) in [4.78, 5) is 29.4. The maximum Gasteiger partial charge on any atom is 0.409 e. The van der Waals surface area contributed by atoms with Gasteiger partial charge in [-0.15, -0.1) is 0 Å². The van der Waals surface area contributed by atoms with Crippen molar-refractivity contribution in [3.63, 3.8) is 0 Å². The van der Waals surface area contributed by atoms with Crippen molar-refractivity contribution < 1.29 is 65.8 Å². The number of rotatable bonds is 29. The van der Waals surface area contributed by atoms with Crippen LogP contribution in [0.4, 0.5) is 4.79 Å². The van der Waals surface area contributed by atoms with Crippen molar-refractivity contribution in [2.45, 2.75) is 136 Å². The fraction of sp³-hybridized carbons (Fsp3) is 0.750. The Labute approximate surface area is 434 Å². The number of amides is 1. The highest BCUT2D eigenvalue weighted by atomic mass is 16.8. The molecular formula is C56H98N6O10+4. The maximum absolute atomic E-state index is 13.8. The van der Waals surface area contributed by atoms with Crippen LogP contribution in [0.1, 0.15) is 89.5 Å². The van der Waals surface area contributed by atoms with E-state index in [0.29, 0.717) is 13.1 Å². The van der Waals surface area contributed by atoms with Crippen LogP contribution >= 0.6 is 0 Å². The van der Waals surface area contributed by atoms with Crippen molar-refractivity contribution in [2.75, 3.05) is 136 Å². The molecule has 3 saturated heterocycles. The molecule has 3 aliphatic rings. The predicted octanol–water partition coefficient (Wildman–Crippen LogP) is 5.91. The quantitative estimate of drug-likeness (QED) is 0.0573. The molecule has 3 aliphatic heterocycles. The minimum Gasteiger partial charge on any atom is -0.448 e. The zero-order chi connectivity index (χ0) is 53.2. The van der Waals surface area contributed by atoms with E-state index in [0.717, 1.165) is 109 Å². The summed E-state index contributed by atoms with van der Waals surface area (Å²) in [5.41, 5.74) is 3.86. The molecule has 2 aromatic carbocycles. The smallest absolute Gasteiger partial charge is 0.409 e. The minimum atomic E-state index is -1.56. The molecule has 2 N–H and O–H groups in total. The van der Waals surface area contributed by atoms with Crippen LogP contribution in [0.5, 0.6) is 0 Å². The zero-order valence-electron chi connectivity index (χ0n) is 47.3. The second-order valence-electron chi connectivity index (χ2n) is 25.2. The van der Waals surface area contributed by atoms with Crippen LogP contribution in [0, 0.1) is 5.41 Å². The molecule has 0 radical (unpaired) electrons. The van der Waals surface area contributed by atoms with Crippen LogP contribution in [0.25, 0.3) is 0 Å². The number of quaternary nitrogens is 4. The lowest BCUT2D eigenvalue weighted by Gasteiger charge is -2.32. The van der Waals surface area contributed by atoms with Gasteiger partial charge in [0.1, 0.15) is 50.0 Å². The van der Waals surface area contributed by atoms with Gasteiger partial charge >= 0.3 is 12.1 Å². The van der Waals surface area contributed by atoms with Crippen LogP contribution in [0.3, 0.4) is 0 Å². The molecule has 16 nitrogen and oxygen atoms in total. The van der Waals surface area contributed by atoms with E-state index in [4.69, 9.17) is 33.2 Å². The molecule has 72 heavy (non-hydrogen) atoms. The summed E-state index contributed by atoms with van der Waals surface area (Å²) in [6, 6.07) is 18.2. The number of benzene rings is 2. The SMILES string of the molecule is CCc1ccc(C[N+](C)(C)CCCNCCC[N+](C)(C)Cc2ccc(C[N+](C)(C)CCCN(CCC[N+](C)(C)C)C(=O)OCC(C)(CO)C(=O)OC3O[C@H](C4COC(C)(C)O4)[C@@H]4OC(C)(C)O[C@H]34)cc2)cc1. The summed E-state index contributed by atoms with van der Waals surface area (Å²) < 4.78 is 45.6. The lowest BCUT2D eigenvalue weighted by Crippen LogP contribution is -2.45. The summed E-state index contributed by atoms with van der Waals surface area (Å²) in [6.45, 7) is 20.2. The third-order valence-electron chi connectivity index (χ3n) is 14.2. The van der Waals surface area contributed by atoms with E-state index in [9.17, 15) is 14.7 Å². The molecule has 1 amide bonds. The molecule has 3 heterocycles. The molecule has 3 fully saturated rings. The molecule has 3 unspecified atom stereocenters. The van der Waals surface area contributed by atoms with E-state index in [1.54, 1.807) is 18.7 Å². The van der Waals surface area contributed by atoms with Gasteiger partial charge in [-0.1, -0.05) is 55.5 Å². The fourth-order valence-electron chi connectivity index (χ4n) is 10.1. The van der Waals surface area contributed by atoms with Crippen molar-refractivity contribution in [1.29, 1.82) is 0 Å². The highest BCUT2D eigenvalue weighted by Crippen LogP contribution is 2.43. The van der Waals surface area contributed by atoms with Gasteiger partial charge in [-0.3, -0.25) is 4.79 Å². The van der Waals surface area contributed by atoms with E-state index in [2.05, 4.69) is 124 Å². The number of fused-ring (bicyclic) bond motifs is 1. The molecule has 0 spiro atoms. The molecule has 6 atom stereocenters. The normalized spacial score (nSPS) is 22.9. The number of carbonyl (C=O) groups is 2. The summed E-state index contributed by atoms with van der Waals surface area (Å²) >= 11 is 0. The lowest BCUT2D eigenvalue weighted by molar-refractivity contribution is -0.904. The maximum atomic E-state index is 13.8. The van der Waals surface area contributed by atoms with Gasteiger partial charge in [0.05, 0.1) is 103 Å². The molecule has 408 valence electrons. The van der Waals surface area contributed by atoms with Gasteiger partial charge in [0.25, 0.3) is 0 Å². The average Bonchev–Trinajstić information content (AvgIpc) is 3.92. The zero-order valence-corrected chi connectivity index (χ0v) is 47.3. The van der Waals surface area contributed by atoms with Gasteiger partial charge in [0.2, 0.25) is 6.29 Å². The standard InChI is InChI=1S/C56H98N6O10/c1-16-43-21-23-44(24-22-43)37-60(10,11)34-17-29-57-30-18-35-61(12,13)38-45-25-27-46(28-26-45)39-62(14,15)36-20-32-58(31-19-33-59(7,8)9)53(65)66-42-56(6,41-63)52(64)69-51-50-49(71-55(4,5)72-50)48(68-51)47-40-67-54(2,3)70-47/h21-28,47-51,57,63H,16-20,29-42H2,1-15H3/q+4/t47?,48-,49+,50+,51?,56?/m1/s1. The Morgan fingerprint density at radius 1 is 0.681 bits per heavy atom. The highest BCUT2D eigenvalue weighted by molar-refractivity contribution is 5.77. The van der Waals surface area contributed by atoms with E-state index in [-0.39, 0.29) is 13.2 Å². The van der Waals surface area contributed by atoms with Crippen molar-refractivity contribution in [1.82, 2.24) is 10.2 Å². The van der Waals surface area contributed by atoms with Crippen molar-refractivity contribution in [3.8, 4) is 0 Å². The largest absolute Gasteiger partial charge is 0.448 e. The van der Waals surface area contributed by atoms with Crippen LogP contribution in [0.15, 0.2) is 48.5 Å². The van der Waals surface area contributed by atoms with Crippen LogP contribution in [-0.2, 0) is 64.0 Å². The molecular weight excluding hydrogens is 917 g/mol. The van der Waals surface area contributed by atoms with Crippen LogP contribution in [-0.4, -0.2) is 218 Å². The number of nitrogens with one attached hydrogen (secondary N) is 1. The lowest BCUT2D eigenvalue weighted by atomic mass is 9.93. The minimum absolute atomic E-state index is 0.277. The van der Waals surface area contributed by atoms with Crippen LogP contribution < -0.4 is 5.32 Å². The van der Waals surface area contributed by atoms with Gasteiger partial charge < -0.3 is 66.4 Å². The van der Waals surface area contributed by atoms with Crippen LogP contribution in [0.2, 0.25) is 0 Å². The predicted molar refractivity (Wildman–Crippen MR) is 280 cm³/mol. The number of ether oxygens (including phenoxy) is 7. The van der Waals surface area contributed by atoms with Crippen molar-refractivity contribution in [3.05, 3.63) is 70.8 Å². The number of carbonyl (C=O) groups excluding carboxylic acids is 2. The Morgan fingerprint density at radius 3 is 1.61 bits per heavy atom. The summed E-state index contributed by atoms with van der Waals surface area (Å²) in [7, 11) is 20.1. The summed E-state index contributed by atoms with van der Waals surface area (Å²) in [5.74, 6) is -2.52. The monoisotopic (exact) mass is 1010 g/mol. The van der Waals surface area contributed by atoms with E-state index < -0.39 is 66.4 Å². The van der Waals surface area contributed by atoms with Crippen molar-refractivity contribution in [2.24, 2.45) is 5.41 Å². The van der Waals surface area contributed by atoms with Gasteiger partial charge in [-0.25, -0.2) is 4.79 Å². The number of aliphatic hydroxyl groups excluding tert-OH is 1. The molecule has 0 aliphatic carbocycles. The van der Waals surface area contributed by atoms with Crippen molar-refractivity contribution >= 4 is 12.1 Å². The molecule has 2 aromatic rings. The van der Waals surface area contributed by atoms with Gasteiger partial charge in [0, 0.05) is 68.6 Å². The Hall–Kier alpha value is -3.26. The third-order valence-corrected chi connectivity index (χ3v) is 14.2. The number of aryl methyl sites for hydroxylation is 1. The first kappa shape index (κ1) is 59.6. The fourth-order valence-corrected chi connectivity index (χ4v) is 10.1. The van der Waals surface area contributed by atoms with E-state index >= 15 is 0 Å². The molecule has 0 saturated carbocycles. The molecule has 16 heteroatoms. The Kier molecular flexibility index (Phi) is 20.7. The number of hydrogen-bond acceptors (Lipinski definition) is 11. The van der Waals surface area contributed by atoms with Gasteiger partial charge in [-0.05, 0) is 46.6 Å². The highest BCUT2D eigenvalue weighted by Gasteiger charge is 2.61. The number of hydrogen-bond donors (Lipinski definition) is 2. The van der Waals surface area contributed by atoms with Gasteiger partial charge in [0.15, 0.2) is 17.7 Å². The second-order valence-corrected chi connectivity index (χ2v) is 25.2. The second kappa shape index (κ2) is 25.1. The molecule has 5 rings (SSSR count). The third kappa shape index (κ3) is 18.8. The first-order valence-electron chi connectivity index (χ1n) is 26.7. The summed E-state index contributed by atoms with van der Waals surface area (Å²) in [5, 5.41) is 14.3. The number of nitrogens with zero attached hydrogens (tertiary/aromatic N) is 5. The molecule has 0 bridgehead atoms. The summed E-state index contributed by atoms with van der Waals surface area (Å²) in [6.07, 6.45) is 0.842. The number of aliphatic hydroxyl groups is 1. The Bertz CT molecular complexity index is 2010. The average molecular weight is 1020 g/mol. The van der Waals surface area contributed by atoms with E-state index in [1.165, 1.54) is 29.2 Å². The number of esters is 1. The molecule has 0 aromatic heterocycles.